The van der Waals surface area contributed by atoms with Gasteiger partial charge in [0.2, 0.25) is 0 Å². The number of benzene rings is 1. The molecule has 0 spiro atoms. The zero-order valence-corrected chi connectivity index (χ0v) is 9.21. The van der Waals surface area contributed by atoms with Gasteiger partial charge in [-0.15, -0.1) is 0 Å². The van der Waals surface area contributed by atoms with Crippen LogP contribution in [0.25, 0.3) is 0 Å². The zero-order chi connectivity index (χ0) is 9.42. The predicted molar refractivity (Wildman–Crippen MR) is 59.1 cm³/mol. The van der Waals surface area contributed by atoms with Crippen LogP contribution in [0.3, 0.4) is 0 Å². The maximum Gasteiger partial charge on any atom is 0.0992 e. The summed E-state index contributed by atoms with van der Waals surface area (Å²) in [6, 6.07) is 6.15. The first-order valence-corrected chi connectivity index (χ1v) is 5.28. The van der Waals surface area contributed by atoms with Crippen molar-refractivity contribution in [1.82, 2.24) is 0 Å². The average Bonchev–Trinajstić information content (AvgIpc) is 2.48. The molecule has 0 aromatic heterocycles. The van der Waals surface area contributed by atoms with Crippen LogP contribution in [0.2, 0.25) is 0 Å². The second-order valence-corrected chi connectivity index (χ2v) is 4.45. The number of halogens is 1. The number of nitriles is 1. The van der Waals surface area contributed by atoms with Crippen molar-refractivity contribution < 1.29 is 0 Å². The average molecular weight is 284 g/mol. The van der Waals surface area contributed by atoms with Crippen molar-refractivity contribution in [3.8, 4) is 6.07 Å². The third-order valence-electron chi connectivity index (χ3n) is 2.46. The highest BCUT2D eigenvalue weighted by atomic mass is 127. The topological polar surface area (TPSA) is 49.8 Å². The van der Waals surface area contributed by atoms with Crippen molar-refractivity contribution in [1.29, 1.82) is 5.26 Å². The molecule has 0 saturated carbocycles. The summed E-state index contributed by atoms with van der Waals surface area (Å²) in [4.78, 5) is 0. The monoisotopic (exact) mass is 284 g/mol. The minimum Gasteiger partial charge on any atom is -0.324 e. The SMILES string of the molecule is N#Cc1cc(I)c2c(c1)[C@@H](N)CC2. The van der Waals surface area contributed by atoms with E-state index in [1.165, 1.54) is 14.7 Å². The first kappa shape index (κ1) is 8.97. The lowest BCUT2D eigenvalue weighted by Gasteiger charge is -2.06. The molecule has 0 heterocycles. The molecule has 2 rings (SSSR count). The molecular weight excluding hydrogens is 275 g/mol. The van der Waals surface area contributed by atoms with Gasteiger partial charge in [0, 0.05) is 9.61 Å². The van der Waals surface area contributed by atoms with E-state index in [0.29, 0.717) is 0 Å². The van der Waals surface area contributed by atoms with Gasteiger partial charge in [-0.2, -0.15) is 5.26 Å². The Bertz CT molecular complexity index is 393. The maximum atomic E-state index is 8.79. The molecule has 1 atom stereocenters. The van der Waals surface area contributed by atoms with E-state index in [0.717, 1.165) is 18.4 Å². The third-order valence-corrected chi connectivity index (χ3v) is 3.43. The molecule has 1 aliphatic rings. The summed E-state index contributed by atoms with van der Waals surface area (Å²) >= 11 is 2.28. The molecule has 0 amide bonds. The summed E-state index contributed by atoms with van der Waals surface area (Å²) in [6.07, 6.45) is 2.07. The Kier molecular flexibility index (Phi) is 2.26. The highest BCUT2D eigenvalue weighted by Crippen LogP contribution is 2.33. The van der Waals surface area contributed by atoms with E-state index >= 15 is 0 Å². The van der Waals surface area contributed by atoms with Gasteiger partial charge in [0.15, 0.2) is 0 Å². The van der Waals surface area contributed by atoms with E-state index in [2.05, 4.69) is 28.7 Å². The molecule has 1 aromatic carbocycles. The van der Waals surface area contributed by atoms with Gasteiger partial charge in [-0.1, -0.05) is 0 Å². The number of hydrogen-bond acceptors (Lipinski definition) is 2. The van der Waals surface area contributed by atoms with Gasteiger partial charge in [0.25, 0.3) is 0 Å². The number of hydrogen-bond donors (Lipinski definition) is 1. The number of nitrogens with two attached hydrogens (primary N) is 1. The largest absolute Gasteiger partial charge is 0.324 e. The molecule has 66 valence electrons. The van der Waals surface area contributed by atoms with Gasteiger partial charge < -0.3 is 5.73 Å². The fourth-order valence-corrected chi connectivity index (χ4v) is 2.69. The second kappa shape index (κ2) is 3.28. The lowest BCUT2D eigenvalue weighted by molar-refractivity contribution is 0.713. The summed E-state index contributed by atoms with van der Waals surface area (Å²) in [7, 11) is 0. The summed E-state index contributed by atoms with van der Waals surface area (Å²) in [6.45, 7) is 0. The molecule has 13 heavy (non-hydrogen) atoms. The van der Waals surface area contributed by atoms with Crippen LogP contribution in [-0.2, 0) is 6.42 Å². The standard InChI is InChI=1S/C10H9IN2/c11-9-4-6(5-12)3-8-7(9)1-2-10(8)13/h3-4,10H,1-2,13H2/t10-/m0/s1. The lowest BCUT2D eigenvalue weighted by atomic mass is 10.1. The quantitative estimate of drug-likeness (QED) is 0.742. The van der Waals surface area contributed by atoms with Crippen molar-refractivity contribution in [2.75, 3.05) is 0 Å². The maximum absolute atomic E-state index is 8.79. The fraction of sp³-hybridized carbons (Fsp3) is 0.300. The van der Waals surface area contributed by atoms with Crippen LogP contribution in [0, 0.1) is 14.9 Å². The molecular formula is C10H9IN2. The smallest absolute Gasteiger partial charge is 0.0992 e. The van der Waals surface area contributed by atoms with Crippen LogP contribution in [-0.4, -0.2) is 0 Å². The number of fused-ring (bicyclic) bond motifs is 1. The van der Waals surface area contributed by atoms with Gasteiger partial charge in [-0.3, -0.25) is 0 Å². The second-order valence-electron chi connectivity index (χ2n) is 3.28. The number of rotatable bonds is 0. The van der Waals surface area contributed by atoms with E-state index < -0.39 is 0 Å². The van der Waals surface area contributed by atoms with E-state index in [-0.39, 0.29) is 6.04 Å². The van der Waals surface area contributed by atoms with E-state index in [4.69, 9.17) is 11.0 Å². The lowest BCUT2D eigenvalue weighted by Crippen LogP contribution is -2.05. The van der Waals surface area contributed by atoms with Crippen LogP contribution in [0.1, 0.15) is 29.2 Å². The van der Waals surface area contributed by atoms with Crippen LogP contribution in [0.4, 0.5) is 0 Å². The molecule has 0 bridgehead atoms. The third kappa shape index (κ3) is 1.45. The van der Waals surface area contributed by atoms with Crippen molar-refractivity contribution in [2.24, 2.45) is 5.73 Å². The first-order valence-electron chi connectivity index (χ1n) is 4.20. The van der Waals surface area contributed by atoms with Gasteiger partial charge in [0.05, 0.1) is 11.6 Å². The first-order chi connectivity index (χ1) is 6.22. The fourth-order valence-electron chi connectivity index (χ4n) is 1.77. The van der Waals surface area contributed by atoms with Crippen molar-refractivity contribution in [3.63, 3.8) is 0 Å². The molecule has 0 radical (unpaired) electrons. The van der Waals surface area contributed by atoms with Gasteiger partial charge in [0.1, 0.15) is 0 Å². The van der Waals surface area contributed by atoms with E-state index in [1.807, 2.05) is 12.1 Å². The Hall–Kier alpha value is -0.600. The van der Waals surface area contributed by atoms with Crippen LogP contribution < -0.4 is 5.73 Å². The summed E-state index contributed by atoms with van der Waals surface area (Å²) < 4.78 is 1.18. The van der Waals surface area contributed by atoms with Crippen molar-refractivity contribution in [2.45, 2.75) is 18.9 Å². The Balaban J connectivity index is 2.61. The van der Waals surface area contributed by atoms with Gasteiger partial charge >= 0.3 is 0 Å². The highest BCUT2D eigenvalue weighted by molar-refractivity contribution is 14.1. The minimum absolute atomic E-state index is 0.136. The predicted octanol–water partition coefficient (Wildman–Crippen LogP) is 2.11. The number of nitrogens with zero attached hydrogens (tertiary/aromatic N) is 1. The normalized spacial score (nSPS) is 19.6. The summed E-state index contributed by atoms with van der Waals surface area (Å²) in [5, 5.41) is 8.79. The molecule has 3 heteroatoms. The Morgan fingerprint density at radius 1 is 1.54 bits per heavy atom. The van der Waals surface area contributed by atoms with Crippen LogP contribution in [0.5, 0.6) is 0 Å². The summed E-state index contributed by atoms with van der Waals surface area (Å²) in [5.74, 6) is 0. The van der Waals surface area contributed by atoms with Crippen LogP contribution in [0.15, 0.2) is 12.1 Å². The molecule has 0 aliphatic heterocycles. The van der Waals surface area contributed by atoms with Crippen LogP contribution >= 0.6 is 22.6 Å². The molecule has 2 nitrogen and oxygen atoms in total. The molecule has 2 N–H and O–H groups in total. The Labute approximate surface area is 90.9 Å². The van der Waals surface area contributed by atoms with Crippen molar-refractivity contribution >= 4 is 22.6 Å². The molecule has 1 aromatic rings. The van der Waals surface area contributed by atoms with Gasteiger partial charge in [-0.25, -0.2) is 0 Å². The minimum atomic E-state index is 0.136. The molecule has 0 fully saturated rings. The molecule has 1 aliphatic carbocycles. The van der Waals surface area contributed by atoms with E-state index in [1.54, 1.807) is 0 Å². The van der Waals surface area contributed by atoms with Crippen molar-refractivity contribution in [3.05, 3.63) is 32.4 Å². The molecule has 0 unspecified atom stereocenters. The highest BCUT2D eigenvalue weighted by Gasteiger charge is 2.21. The summed E-state index contributed by atoms with van der Waals surface area (Å²) in [5.41, 5.74) is 9.16. The molecule has 0 saturated heterocycles. The van der Waals surface area contributed by atoms with E-state index in [9.17, 15) is 0 Å². The Morgan fingerprint density at radius 3 is 3.00 bits per heavy atom. The van der Waals surface area contributed by atoms with Gasteiger partial charge in [-0.05, 0) is 58.7 Å². The Morgan fingerprint density at radius 2 is 2.31 bits per heavy atom. The zero-order valence-electron chi connectivity index (χ0n) is 7.05.